The van der Waals surface area contributed by atoms with Gasteiger partial charge in [-0.1, -0.05) is 48.5 Å². The molecule has 0 spiro atoms. The number of carbonyl (C=O) groups is 1. The van der Waals surface area contributed by atoms with E-state index >= 15 is 0 Å². The standard InChI is InChI=1S/C25H28Cl2N2O4S/c1-25(2,3)33-24(30)22-18-14-16(26)10-12-20(18)28-23(22)15-9-11-19(27)21(13-15)34(31,32)29-17-7-5-4-6-8-17/h9-14,17,28-29H,4-8H2,1-3H3. The fraction of sp³-hybridized carbons (Fsp3) is 0.400. The van der Waals surface area contributed by atoms with Crippen molar-refractivity contribution < 1.29 is 17.9 Å². The molecule has 1 aliphatic rings. The number of carbonyl (C=O) groups excluding carboxylic acids is 1. The molecule has 1 saturated carbocycles. The van der Waals surface area contributed by atoms with Crippen molar-refractivity contribution in [3.63, 3.8) is 0 Å². The highest BCUT2D eigenvalue weighted by Crippen LogP contribution is 2.36. The first-order chi connectivity index (χ1) is 15.9. The molecule has 0 aliphatic heterocycles. The molecule has 2 N–H and O–H groups in total. The third-order valence-electron chi connectivity index (χ3n) is 5.80. The van der Waals surface area contributed by atoms with Crippen LogP contribution in [0.4, 0.5) is 0 Å². The second-order valence-corrected chi connectivity index (χ2v) is 12.2. The van der Waals surface area contributed by atoms with Crippen LogP contribution in [0.3, 0.4) is 0 Å². The Morgan fingerprint density at radius 3 is 2.44 bits per heavy atom. The van der Waals surface area contributed by atoms with Gasteiger partial charge in [-0.2, -0.15) is 0 Å². The number of H-pyrrole nitrogens is 1. The number of fused-ring (bicyclic) bond motifs is 1. The molecule has 1 aromatic heterocycles. The zero-order valence-corrected chi connectivity index (χ0v) is 21.7. The van der Waals surface area contributed by atoms with Crippen molar-refractivity contribution >= 4 is 50.1 Å². The Morgan fingerprint density at radius 2 is 1.76 bits per heavy atom. The summed E-state index contributed by atoms with van der Waals surface area (Å²) in [5.74, 6) is -0.532. The van der Waals surface area contributed by atoms with Gasteiger partial charge in [0, 0.05) is 27.5 Å². The molecule has 9 heteroatoms. The molecule has 2 aromatic carbocycles. The van der Waals surface area contributed by atoms with Gasteiger partial charge in [-0.25, -0.2) is 17.9 Å². The summed E-state index contributed by atoms with van der Waals surface area (Å²) in [6.45, 7) is 5.36. The minimum Gasteiger partial charge on any atom is -0.456 e. The average molecular weight is 523 g/mol. The molecule has 4 rings (SSSR count). The van der Waals surface area contributed by atoms with Crippen LogP contribution < -0.4 is 4.72 Å². The maximum Gasteiger partial charge on any atom is 0.341 e. The first-order valence-corrected chi connectivity index (χ1v) is 13.6. The van der Waals surface area contributed by atoms with E-state index in [2.05, 4.69) is 9.71 Å². The van der Waals surface area contributed by atoms with Crippen molar-refractivity contribution in [2.45, 2.75) is 69.4 Å². The van der Waals surface area contributed by atoms with Gasteiger partial charge in [0.15, 0.2) is 0 Å². The molecule has 0 unspecified atom stereocenters. The SMILES string of the molecule is CC(C)(C)OC(=O)c1c(-c2ccc(Cl)c(S(=O)(=O)NC3CCCCC3)c2)[nH]c2ccc(Cl)cc12. The summed E-state index contributed by atoms with van der Waals surface area (Å²) in [5.41, 5.74) is 1.20. The Morgan fingerprint density at radius 1 is 1.06 bits per heavy atom. The van der Waals surface area contributed by atoms with Gasteiger partial charge in [-0.15, -0.1) is 0 Å². The largest absolute Gasteiger partial charge is 0.456 e. The van der Waals surface area contributed by atoms with Crippen molar-refractivity contribution in [2.75, 3.05) is 0 Å². The van der Waals surface area contributed by atoms with Crippen molar-refractivity contribution in [1.82, 2.24) is 9.71 Å². The topological polar surface area (TPSA) is 88.3 Å². The molecule has 3 aromatic rings. The fourth-order valence-electron chi connectivity index (χ4n) is 4.29. The Balaban J connectivity index is 1.82. The van der Waals surface area contributed by atoms with E-state index in [0.717, 1.165) is 32.1 Å². The number of nitrogens with one attached hydrogen (secondary N) is 2. The van der Waals surface area contributed by atoms with Crippen LogP contribution in [0.25, 0.3) is 22.2 Å². The van der Waals surface area contributed by atoms with Gasteiger partial charge in [-0.05, 0) is 63.9 Å². The summed E-state index contributed by atoms with van der Waals surface area (Å²) >= 11 is 12.5. The van der Waals surface area contributed by atoms with E-state index in [1.165, 1.54) is 12.1 Å². The molecule has 1 aliphatic carbocycles. The first-order valence-electron chi connectivity index (χ1n) is 11.3. The van der Waals surface area contributed by atoms with Crippen LogP contribution in [-0.2, 0) is 14.8 Å². The van der Waals surface area contributed by atoms with Crippen LogP contribution in [0, 0.1) is 0 Å². The Labute approximate surface area is 210 Å². The Kier molecular flexibility index (Phi) is 7.02. The predicted octanol–water partition coefficient (Wildman–Crippen LogP) is 6.71. The highest BCUT2D eigenvalue weighted by molar-refractivity contribution is 7.89. The van der Waals surface area contributed by atoms with E-state index in [9.17, 15) is 13.2 Å². The number of hydrogen-bond acceptors (Lipinski definition) is 4. The van der Waals surface area contributed by atoms with Crippen molar-refractivity contribution in [3.05, 3.63) is 52.0 Å². The van der Waals surface area contributed by atoms with Crippen LogP contribution in [0.15, 0.2) is 41.3 Å². The molecule has 0 atom stereocenters. The molecule has 0 amide bonds. The average Bonchev–Trinajstić information content (AvgIpc) is 3.12. The molecule has 0 saturated heterocycles. The van der Waals surface area contributed by atoms with Gasteiger partial charge >= 0.3 is 5.97 Å². The minimum absolute atomic E-state index is 0.0240. The maximum atomic E-state index is 13.2. The van der Waals surface area contributed by atoms with Gasteiger partial charge in [0.1, 0.15) is 10.5 Å². The number of hydrogen-bond donors (Lipinski definition) is 2. The normalized spacial score (nSPS) is 15.6. The quantitative estimate of drug-likeness (QED) is 0.364. The Hall–Kier alpha value is -2.06. The van der Waals surface area contributed by atoms with E-state index in [0.29, 0.717) is 32.7 Å². The van der Waals surface area contributed by atoms with Gasteiger partial charge in [0.2, 0.25) is 10.0 Å². The molecule has 1 fully saturated rings. The lowest BCUT2D eigenvalue weighted by molar-refractivity contribution is 0.00728. The minimum atomic E-state index is -3.85. The number of aromatic amines is 1. The molecule has 6 nitrogen and oxygen atoms in total. The third kappa shape index (κ3) is 5.43. The number of aromatic nitrogens is 1. The fourth-order valence-corrected chi connectivity index (χ4v) is 6.29. The Bertz CT molecular complexity index is 1340. The van der Waals surface area contributed by atoms with Gasteiger partial charge in [0.25, 0.3) is 0 Å². The molecule has 34 heavy (non-hydrogen) atoms. The number of rotatable bonds is 5. The van der Waals surface area contributed by atoms with E-state index in [-0.39, 0.29) is 16.0 Å². The van der Waals surface area contributed by atoms with Crippen molar-refractivity contribution in [2.24, 2.45) is 0 Å². The number of halogens is 2. The molecule has 1 heterocycles. The van der Waals surface area contributed by atoms with E-state index in [1.807, 2.05) is 0 Å². The second-order valence-electron chi connectivity index (χ2n) is 9.67. The lowest BCUT2D eigenvalue weighted by Crippen LogP contribution is -2.36. The van der Waals surface area contributed by atoms with E-state index in [1.54, 1.807) is 45.0 Å². The van der Waals surface area contributed by atoms with Crippen LogP contribution in [0.1, 0.15) is 63.2 Å². The summed E-state index contributed by atoms with van der Waals surface area (Å²) < 4.78 is 34.9. The lowest BCUT2D eigenvalue weighted by Gasteiger charge is -2.23. The number of benzene rings is 2. The molecular weight excluding hydrogens is 495 g/mol. The zero-order chi connectivity index (χ0) is 24.7. The summed E-state index contributed by atoms with van der Waals surface area (Å²) in [6.07, 6.45) is 4.73. The second kappa shape index (κ2) is 9.53. The third-order valence-corrected chi connectivity index (χ3v) is 8.04. The van der Waals surface area contributed by atoms with Crippen LogP contribution >= 0.6 is 23.2 Å². The molecule has 182 valence electrons. The predicted molar refractivity (Wildman–Crippen MR) is 136 cm³/mol. The van der Waals surface area contributed by atoms with E-state index in [4.69, 9.17) is 27.9 Å². The van der Waals surface area contributed by atoms with Gasteiger partial charge in [0.05, 0.1) is 16.3 Å². The van der Waals surface area contributed by atoms with Crippen LogP contribution in [0.5, 0.6) is 0 Å². The number of sulfonamides is 1. The van der Waals surface area contributed by atoms with Crippen molar-refractivity contribution in [1.29, 1.82) is 0 Å². The highest BCUT2D eigenvalue weighted by atomic mass is 35.5. The van der Waals surface area contributed by atoms with E-state index < -0.39 is 21.6 Å². The highest BCUT2D eigenvalue weighted by Gasteiger charge is 2.28. The summed E-state index contributed by atoms with van der Waals surface area (Å²) in [7, 11) is -3.85. The smallest absolute Gasteiger partial charge is 0.341 e. The summed E-state index contributed by atoms with van der Waals surface area (Å²) in [5, 5.41) is 1.18. The van der Waals surface area contributed by atoms with Crippen LogP contribution in [-0.4, -0.2) is 31.0 Å². The van der Waals surface area contributed by atoms with Crippen LogP contribution in [0.2, 0.25) is 10.0 Å². The monoisotopic (exact) mass is 522 g/mol. The van der Waals surface area contributed by atoms with Gasteiger partial charge in [-0.3, -0.25) is 0 Å². The zero-order valence-electron chi connectivity index (χ0n) is 19.4. The summed E-state index contributed by atoms with van der Waals surface area (Å²) in [6, 6.07) is 9.78. The van der Waals surface area contributed by atoms with Gasteiger partial charge < -0.3 is 9.72 Å². The molecular formula is C25H28Cl2N2O4S. The number of esters is 1. The molecule has 0 radical (unpaired) electrons. The number of ether oxygens (including phenoxy) is 1. The lowest BCUT2D eigenvalue weighted by atomic mass is 9.96. The first kappa shape index (κ1) is 25.0. The van der Waals surface area contributed by atoms with Crippen molar-refractivity contribution in [3.8, 4) is 11.3 Å². The summed E-state index contributed by atoms with van der Waals surface area (Å²) in [4.78, 5) is 16.4. The molecule has 0 bridgehead atoms. The maximum absolute atomic E-state index is 13.2.